The third-order valence-corrected chi connectivity index (χ3v) is 3.69. The van der Waals surface area contributed by atoms with Crippen LogP contribution < -0.4 is 5.32 Å². The number of nitrogens with one attached hydrogen (secondary N) is 1. The van der Waals surface area contributed by atoms with E-state index >= 15 is 0 Å². The van der Waals surface area contributed by atoms with E-state index in [0.717, 1.165) is 17.7 Å². The van der Waals surface area contributed by atoms with Gasteiger partial charge >= 0.3 is 0 Å². The standard InChI is InChI=1S/C16H17ClN2O/c1-3-11(2)12-6-4-5-7-15(12)19-16(20)13-10-18-9-8-14(13)17/h4-11H,3H2,1-2H3,(H,19,20). The fourth-order valence-corrected chi connectivity index (χ4v) is 2.19. The molecule has 4 heteroatoms. The zero-order valence-corrected chi connectivity index (χ0v) is 12.3. The first-order valence-electron chi connectivity index (χ1n) is 6.63. The average molecular weight is 289 g/mol. The van der Waals surface area contributed by atoms with Crippen molar-refractivity contribution in [1.29, 1.82) is 0 Å². The smallest absolute Gasteiger partial charge is 0.258 e. The molecule has 0 bridgehead atoms. The molecule has 1 amide bonds. The summed E-state index contributed by atoms with van der Waals surface area (Å²) in [5.74, 6) is 0.148. The Bertz CT molecular complexity index is 613. The van der Waals surface area contributed by atoms with Crippen molar-refractivity contribution < 1.29 is 4.79 Å². The van der Waals surface area contributed by atoms with Gasteiger partial charge in [0.2, 0.25) is 0 Å². The van der Waals surface area contributed by atoms with Gasteiger partial charge in [0.05, 0.1) is 10.6 Å². The molecule has 1 unspecified atom stereocenters. The fraction of sp³-hybridized carbons (Fsp3) is 0.250. The number of hydrogen-bond acceptors (Lipinski definition) is 2. The quantitative estimate of drug-likeness (QED) is 0.900. The van der Waals surface area contributed by atoms with Crippen molar-refractivity contribution in [3.8, 4) is 0 Å². The first-order chi connectivity index (χ1) is 9.63. The van der Waals surface area contributed by atoms with E-state index in [1.165, 1.54) is 6.20 Å². The second-order valence-corrected chi connectivity index (χ2v) is 5.11. The number of nitrogens with zero attached hydrogens (tertiary/aromatic N) is 1. The molecule has 0 spiro atoms. The summed E-state index contributed by atoms with van der Waals surface area (Å²) >= 11 is 6.01. The molecule has 3 nitrogen and oxygen atoms in total. The van der Waals surface area contributed by atoms with E-state index in [9.17, 15) is 4.79 Å². The van der Waals surface area contributed by atoms with Gasteiger partial charge in [-0.05, 0) is 30.0 Å². The summed E-state index contributed by atoms with van der Waals surface area (Å²) in [6, 6.07) is 9.44. The van der Waals surface area contributed by atoms with Gasteiger partial charge in [-0.15, -0.1) is 0 Å². The van der Waals surface area contributed by atoms with Crippen LogP contribution in [-0.2, 0) is 0 Å². The summed E-state index contributed by atoms with van der Waals surface area (Å²) in [6.45, 7) is 4.27. The summed E-state index contributed by atoms with van der Waals surface area (Å²) in [5, 5.41) is 3.32. The maximum atomic E-state index is 12.3. The minimum Gasteiger partial charge on any atom is -0.322 e. The number of hydrogen-bond donors (Lipinski definition) is 1. The van der Waals surface area contributed by atoms with Crippen molar-refractivity contribution in [1.82, 2.24) is 4.98 Å². The van der Waals surface area contributed by atoms with E-state index in [4.69, 9.17) is 11.6 Å². The van der Waals surface area contributed by atoms with Crippen LogP contribution in [0.1, 0.15) is 42.1 Å². The molecule has 20 heavy (non-hydrogen) atoms. The molecule has 2 rings (SSSR count). The number of anilines is 1. The maximum absolute atomic E-state index is 12.3. The van der Waals surface area contributed by atoms with E-state index in [-0.39, 0.29) is 5.91 Å². The Balaban J connectivity index is 2.27. The first-order valence-corrected chi connectivity index (χ1v) is 7.01. The number of carbonyl (C=O) groups excluding carboxylic acids is 1. The molecule has 1 atom stereocenters. The van der Waals surface area contributed by atoms with Crippen LogP contribution in [0.3, 0.4) is 0 Å². The number of carbonyl (C=O) groups is 1. The predicted molar refractivity (Wildman–Crippen MR) is 82.3 cm³/mol. The third-order valence-electron chi connectivity index (χ3n) is 3.36. The van der Waals surface area contributed by atoms with Crippen molar-refractivity contribution >= 4 is 23.2 Å². The molecule has 0 radical (unpaired) electrons. The normalized spacial score (nSPS) is 11.9. The minimum atomic E-state index is -0.237. The summed E-state index contributed by atoms with van der Waals surface area (Å²) in [5.41, 5.74) is 2.34. The second kappa shape index (κ2) is 6.53. The van der Waals surface area contributed by atoms with Gasteiger partial charge in [0.15, 0.2) is 0 Å². The van der Waals surface area contributed by atoms with Gasteiger partial charge in [0.25, 0.3) is 5.91 Å². The molecular formula is C16H17ClN2O. The highest BCUT2D eigenvalue weighted by molar-refractivity contribution is 6.34. The Labute approximate surface area is 124 Å². The van der Waals surface area contributed by atoms with Crippen LogP contribution in [-0.4, -0.2) is 10.9 Å². The Morgan fingerprint density at radius 3 is 2.80 bits per heavy atom. The average Bonchev–Trinajstić information content (AvgIpc) is 2.47. The number of amides is 1. The highest BCUT2D eigenvalue weighted by atomic mass is 35.5. The van der Waals surface area contributed by atoms with Gasteiger partial charge in [0, 0.05) is 18.1 Å². The SMILES string of the molecule is CCC(C)c1ccccc1NC(=O)c1cnccc1Cl. The number of benzene rings is 1. The molecule has 1 heterocycles. The monoisotopic (exact) mass is 288 g/mol. The Hall–Kier alpha value is -1.87. The molecule has 2 aromatic rings. The minimum absolute atomic E-state index is 0.237. The third kappa shape index (κ3) is 3.17. The van der Waals surface area contributed by atoms with E-state index in [1.807, 2.05) is 24.3 Å². The van der Waals surface area contributed by atoms with E-state index in [0.29, 0.717) is 16.5 Å². The van der Waals surface area contributed by atoms with Crippen molar-refractivity contribution in [2.75, 3.05) is 5.32 Å². The second-order valence-electron chi connectivity index (χ2n) is 4.71. The Morgan fingerprint density at radius 2 is 2.10 bits per heavy atom. The van der Waals surface area contributed by atoms with Gasteiger partial charge in [-0.1, -0.05) is 43.6 Å². The lowest BCUT2D eigenvalue weighted by Crippen LogP contribution is -2.14. The molecule has 0 saturated heterocycles. The van der Waals surface area contributed by atoms with Crippen LogP contribution in [0.15, 0.2) is 42.7 Å². The highest BCUT2D eigenvalue weighted by Gasteiger charge is 2.14. The van der Waals surface area contributed by atoms with Gasteiger partial charge in [-0.2, -0.15) is 0 Å². The van der Waals surface area contributed by atoms with E-state index < -0.39 is 0 Å². The van der Waals surface area contributed by atoms with Crippen LogP contribution in [0, 0.1) is 0 Å². The largest absolute Gasteiger partial charge is 0.322 e. The topological polar surface area (TPSA) is 42.0 Å². The van der Waals surface area contributed by atoms with Crippen molar-refractivity contribution in [2.24, 2.45) is 0 Å². The number of aromatic nitrogens is 1. The number of halogens is 1. The molecule has 0 saturated carbocycles. The van der Waals surface area contributed by atoms with Gasteiger partial charge in [-0.25, -0.2) is 0 Å². The molecule has 104 valence electrons. The maximum Gasteiger partial charge on any atom is 0.258 e. The van der Waals surface area contributed by atoms with E-state index in [2.05, 4.69) is 24.1 Å². The number of rotatable bonds is 4. The lowest BCUT2D eigenvalue weighted by molar-refractivity contribution is 0.102. The molecule has 0 aliphatic heterocycles. The van der Waals surface area contributed by atoms with Crippen LogP contribution in [0.2, 0.25) is 5.02 Å². The lowest BCUT2D eigenvalue weighted by atomic mass is 9.97. The Kier molecular flexibility index (Phi) is 4.74. The molecule has 0 aliphatic carbocycles. The summed E-state index contributed by atoms with van der Waals surface area (Å²) in [6.07, 6.45) is 4.05. The molecule has 1 aromatic heterocycles. The predicted octanol–water partition coefficient (Wildman–Crippen LogP) is 4.50. The Morgan fingerprint density at radius 1 is 1.35 bits per heavy atom. The summed E-state index contributed by atoms with van der Waals surface area (Å²) in [4.78, 5) is 16.2. The van der Waals surface area contributed by atoms with Gasteiger partial charge < -0.3 is 5.32 Å². The van der Waals surface area contributed by atoms with Crippen LogP contribution in [0.25, 0.3) is 0 Å². The van der Waals surface area contributed by atoms with Crippen molar-refractivity contribution in [3.63, 3.8) is 0 Å². The van der Waals surface area contributed by atoms with Crippen LogP contribution in [0.5, 0.6) is 0 Å². The van der Waals surface area contributed by atoms with Gasteiger partial charge in [-0.3, -0.25) is 9.78 Å². The van der Waals surface area contributed by atoms with E-state index in [1.54, 1.807) is 12.3 Å². The lowest BCUT2D eigenvalue weighted by Gasteiger charge is -2.15. The van der Waals surface area contributed by atoms with Crippen LogP contribution >= 0.6 is 11.6 Å². The zero-order chi connectivity index (χ0) is 14.5. The molecular weight excluding hydrogens is 272 g/mol. The van der Waals surface area contributed by atoms with Crippen molar-refractivity contribution in [2.45, 2.75) is 26.2 Å². The fourth-order valence-electron chi connectivity index (χ4n) is 1.99. The number of para-hydroxylation sites is 1. The summed E-state index contributed by atoms with van der Waals surface area (Å²) in [7, 11) is 0. The molecule has 1 N–H and O–H groups in total. The summed E-state index contributed by atoms with van der Waals surface area (Å²) < 4.78 is 0. The highest BCUT2D eigenvalue weighted by Crippen LogP contribution is 2.27. The van der Waals surface area contributed by atoms with Crippen LogP contribution in [0.4, 0.5) is 5.69 Å². The molecule has 0 aliphatic rings. The van der Waals surface area contributed by atoms with Crippen molar-refractivity contribution in [3.05, 3.63) is 58.9 Å². The zero-order valence-electron chi connectivity index (χ0n) is 11.6. The number of pyridine rings is 1. The molecule has 1 aromatic carbocycles. The first kappa shape index (κ1) is 14.5. The molecule has 0 fully saturated rings. The van der Waals surface area contributed by atoms with Gasteiger partial charge in [0.1, 0.15) is 0 Å².